The molecule has 0 aliphatic heterocycles. The van der Waals surface area contributed by atoms with Crippen LogP contribution in [0.25, 0.3) is 17.1 Å². The van der Waals surface area contributed by atoms with E-state index in [-0.39, 0.29) is 5.91 Å². The molecule has 0 radical (unpaired) electrons. The third kappa shape index (κ3) is 4.92. The van der Waals surface area contributed by atoms with E-state index < -0.39 is 0 Å². The van der Waals surface area contributed by atoms with Gasteiger partial charge in [-0.05, 0) is 30.7 Å². The van der Waals surface area contributed by atoms with Gasteiger partial charge < -0.3 is 10.1 Å². The van der Waals surface area contributed by atoms with Gasteiger partial charge in [-0.3, -0.25) is 9.36 Å². The van der Waals surface area contributed by atoms with Crippen molar-refractivity contribution in [1.82, 2.24) is 20.1 Å². The predicted molar refractivity (Wildman–Crippen MR) is 112 cm³/mol. The molecule has 6 nitrogen and oxygen atoms in total. The predicted octanol–water partition coefficient (Wildman–Crippen LogP) is 3.95. The first-order valence-corrected chi connectivity index (χ1v) is 10.3. The number of thioether (sulfide) groups is 1. The Morgan fingerprint density at radius 1 is 1.11 bits per heavy atom. The lowest BCUT2D eigenvalue weighted by atomic mass is 10.2. The van der Waals surface area contributed by atoms with Crippen LogP contribution in [0.15, 0.2) is 59.8 Å². The van der Waals surface area contributed by atoms with Crippen molar-refractivity contribution in [3.8, 4) is 22.8 Å². The van der Waals surface area contributed by atoms with Crippen LogP contribution in [0.2, 0.25) is 0 Å². The Labute approximate surface area is 169 Å². The topological polar surface area (TPSA) is 69.0 Å². The molecule has 1 aromatic heterocycles. The SMILES string of the molecule is CCCCNC(=O)CSc1nnc(-c2ccccc2)n1-c1ccc(OC)cc1. The van der Waals surface area contributed by atoms with Crippen molar-refractivity contribution in [1.29, 1.82) is 0 Å². The highest BCUT2D eigenvalue weighted by Crippen LogP contribution is 2.28. The van der Waals surface area contributed by atoms with Gasteiger partial charge in [-0.25, -0.2) is 0 Å². The van der Waals surface area contributed by atoms with E-state index in [0.717, 1.165) is 35.7 Å². The summed E-state index contributed by atoms with van der Waals surface area (Å²) < 4.78 is 7.23. The Balaban J connectivity index is 1.87. The second-order valence-corrected chi connectivity index (χ2v) is 7.14. The van der Waals surface area contributed by atoms with Crippen LogP contribution in [-0.4, -0.2) is 40.1 Å². The summed E-state index contributed by atoms with van der Waals surface area (Å²) >= 11 is 1.38. The minimum atomic E-state index is 0.00370. The van der Waals surface area contributed by atoms with Crippen molar-refractivity contribution in [3.05, 3.63) is 54.6 Å². The normalized spacial score (nSPS) is 10.6. The fraction of sp³-hybridized carbons (Fsp3) is 0.286. The Morgan fingerprint density at radius 2 is 1.86 bits per heavy atom. The number of carbonyl (C=O) groups excluding carboxylic acids is 1. The van der Waals surface area contributed by atoms with Crippen LogP contribution >= 0.6 is 11.8 Å². The lowest BCUT2D eigenvalue weighted by Gasteiger charge is -2.11. The van der Waals surface area contributed by atoms with Crippen LogP contribution in [0.1, 0.15) is 19.8 Å². The number of hydrogen-bond acceptors (Lipinski definition) is 5. The van der Waals surface area contributed by atoms with Gasteiger partial charge in [-0.2, -0.15) is 0 Å². The van der Waals surface area contributed by atoms with E-state index in [9.17, 15) is 4.79 Å². The number of ether oxygens (including phenoxy) is 1. The summed E-state index contributed by atoms with van der Waals surface area (Å²) in [6.45, 7) is 2.81. The molecule has 0 fully saturated rings. The number of aromatic nitrogens is 3. The molecule has 0 unspecified atom stereocenters. The first-order chi connectivity index (χ1) is 13.7. The molecule has 146 valence electrons. The van der Waals surface area contributed by atoms with Gasteiger partial charge in [0.2, 0.25) is 5.91 Å². The Morgan fingerprint density at radius 3 is 2.54 bits per heavy atom. The van der Waals surface area contributed by atoms with Crippen molar-refractivity contribution in [2.24, 2.45) is 0 Å². The minimum Gasteiger partial charge on any atom is -0.497 e. The van der Waals surface area contributed by atoms with Crippen LogP contribution in [0.4, 0.5) is 0 Å². The second kappa shape index (κ2) is 9.94. The highest BCUT2D eigenvalue weighted by molar-refractivity contribution is 7.99. The van der Waals surface area contributed by atoms with Crippen LogP contribution in [-0.2, 0) is 4.79 Å². The molecular weight excluding hydrogens is 372 g/mol. The quantitative estimate of drug-likeness (QED) is 0.438. The number of nitrogens with one attached hydrogen (secondary N) is 1. The zero-order valence-corrected chi connectivity index (χ0v) is 16.9. The van der Waals surface area contributed by atoms with E-state index in [1.165, 1.54) is 11.8 Å². The monoisotopic (exact) mass is 396 g/mol. The lowest BCUT2D eigenvalue weighted by Crippen LogP contribution is -2.26. The van der Waals surface area contributed by atoms with Crippen molar-refractivity contribution in [2.75, 3.05) is 19.4 Å². The highest BCUT2D eigenvalue weighted by atomic mass is 32.2. The molecule has 0 saturated heterocycles. The average Bonchev–Trinajstić information content (AvgIpc) is 3.17. The molecular formula is C21H24N4O2S. The van der Waals surface area contributed by atoms with Crippen molar-refractivity contribution < 1.29 is 9.53 Å². The summed E-state index contributed by atoms with van der Waals surface area (Å²) in [7, 11) is 1.64. The molecule has 3 rings (SSSR count). The summed E-state index contributed by atoms with van der Waals surface area (Å²) in [4.78, 5) is 12.1. The van der Waals surface area contributed by atoms with Gasteiger partial charge >= 0.3 is 0 Å². The number of benzene rings is 2. The maximum atomic E-state index is 12.1. The molecule has 0 aliphatic carbocycles. The summed E-state index contributed by atoms with van der Waals surface area (Å²) in [5, 5.41) is 12.3. The Kier molecular flexibility index (Phi) is 7.08. The van der Waals surface area contributed by atoms with Gasteiger partial charge in [0.1, 0.15) is 5.75 Å². The van der Waals surface area contributed by atoms with E-state index in [1.54, 1.807) is 7.11 Å². The van der Waals surface area contributed by atoms with Crippen molar-refractivity contribution in [3.63, 3.8) is 0 Å². The fourth-order valence-electron chi connectivity index (χ4n) is 2.69. The number of amides is 1. The molecule has 0 spiro atoms. The zero-order valence-electron chi connectivity index (χ0n) is 16.1. The molecule has 0 saturated carbocycles. The number of carbonyl (C=O) groups is 1. The maximum absolute atomic E-state index is 12.1. The molecule has 28 heavy (non-hydrogen) atoms. The smallest absolute Gasteiger partial charge is 0.230 e. The third-order valence-electron chi connectivity index (χ3n) is 4.18. The van der Waals surface area contributed by atoms with E-state index >= 15 is 0 Å². The van der Waals surface area contributed by atoms with Crippen LogP contribution < -0.4 is 10.1 Å². The second-order valence-electron chi connectivity index (χ2n) is 6.20. The molecule has 0 bridgehead atoms. The average molecular weight is 397 g/mol. The summed E-state index contributed by atoms with van der Waals surface area (Å²) in [5.74, 6) is 1.82. The first-order valence-electron chi connectivity index (χ1n) is 9.27. The Bertz CT molecular complexity index is 895. The molecule has 1 amide bonds. The molecule has 2 aromatic carbocycles. The van der Waals surface area contributed by atoms with E-state index in [4.69, 9.17) is 4.74 Å². The number of unbranched alkanes of at least 4 members (excludes halogenated alkanes) is 1. The summed E-state index contributed by atoms with van der Waals surface area (Å²) in [6.07, 6.45) is 2.04. The maximum Gasteiger partial charge on any atom is 0.230 e. The van der Waals surface area contributed by atoms with Gasteiger partial charge in [-0.15, -0.1) is 10.2 Å². The molecule has 3 aromatic rings. The number of rotatable bonds is 9. The van der Waals surface area contributed by atoms with Gasteiger partial charge in [0, 0.05) is 17.8 Å². The zero-order chi connectivity index (χ0) is 19.8. The van der Waals surface area contributed by atoms with Crippen LogP contribution in [0.5, 0.6) is 5.75 Å². The number of hydrogen-bond donors (Lipinski definition) is 1. The van der Waals surface area contributed by atoms with Gasteiger partial charge in [0.15, 0.2) is 11.0 Å². The molecule has 1 heterocycles. The van der Waals surface area contributed by atoms with Crippen molar-refractivity contribution in [2.45, 2.75) is 24.9 Å². The third-order valence-corrected chi connectivity index (χ3v) is 5.11. The summed E-state index contributed by atoms with van der Waals surface area (Å²) in [5.41, 5.74) is 1.88. The molecule has 0 aliphatic rings. The standard InChI is InChI=1S/C21H24N4O2S/c1-3-4-14-22-19(26)15-28-21-24-23-20(16-8-6-5-7-9-16)25(21)17-10-12-18(27-2)13-11-17/h5-13H,3-4,14-15H2,1-2H3,(H,22,26). The van der Waals surface area contributed by atoms with E-state index in [1.807, 2.05) is 59.2 Å². The fourth-order valence-corrected chi connectivity index (χ4v) is 3.47. The molecule has 7 heteroatoms. The lowest BCUT2D eigenvalue weighted by molar-refractivity contribution is -0.118. The van der Waals surface area contributed by atoms with Gasteiger partial charge in [0.05, 0.1) is 12.9 Å². The van der Waals surface area contributed by atoms with E-state index in [0.29, 0.717) is 17.5 Å². The number of methoxy groups -OCH3 is 1. The minimum absolute atomic E-state index is 0.00370. The van der Waals surface area contributed by atoms with Crippen LogP contribution in [0, 0.1) is 0 Å². The summed E-state index contributed by atoms with van der Waals surface area (Å²) in [6, 6.07) is 17.6. The Hall–Kier alpha value is -2.80. The van der Waals surface area contributed by atoms with Gasteiger partial charge in [0.25, 0.3) is 0 Å². The van der Waals surface area contributed by atoms with Crippen molar-refractivity contribution >= 4 is 17.7 Å². The van der Waals surface area contributed by atoms with Gasteiger partial charge in [-0.1, -0.05) is 55.4 Å². The molecule has 0 atom stereocenters. The highest BCUT2D eigenvalue weighted by Gasteiger charge is 2.17. The molecule has 1 N–H and O–H groups in total. The largest absolute Gasteiger partial charge is 0.497 e. The number of nitrogens with zero attached hydrogens (tertiary/aromatic N) is 3. The van der Waals surface area contributed by atoms with Crippen LogP contribution in [0.3, 0.4) is 0 Å². The first kappa shape index (κ1) is 19.9. The van der Waals surface area contributed by atoms with E-state index in [2.05, 4.69) is 22.4 Å².